The van der Waals surface area contributed by atoms with Crippen LogP contribution >= 0.6 is 0 Å². The zero-order valence-electron chi connectivity index (χ0n) is 30.8. The first-order valence-electron chi connectivity index (χ1n) is 19.2. The lowest BCUT2D eigenvalue weighted by molar-refractivity contribution is 1.18. The number of para-hydroxylation sites is 3. The van der Waals surface area contributed by atoms with E-state index < -0.39 is 0 Å². The number of anilines is 3. The minimum Gasteiger partial charge on any atom is -0.309 e. The van der Waals surface area contributed by atoms with Crippen molar-refractivity contribution in [2.75, 3.05) is 4.90 Å². The Kier molecular flexibility index (Phi) is 8.55. The average molecular weight is 715 g/mol. The second-order valence-electron chi connectivity index (χ2n) is 14.1. The van der Waals surface area contributed by atoms with Crippen LogP contribution in [-0.2, 0) is 0 Å². The van der Waals surface area contributed by atoms with Crippen LogP contribution in [0.1, 0.15) is 0 Å². The van der Waals surface area contributed by atoms with Gasteiger partial charge in [-0.25, -0.2) is 0 Å². The number of fused-ring (bicyclic) bond motifs is 3. The van der Waals surface area contributed by atoms with Gasteiger partial charge in [-0.3, -0.25) is 0 Å². The van der Waals surface area contributed by atoms with Crippen LogP contribution in [0.4, 0.5) is 17.1 Å². The second-order valence-corrected chi connectivity index (χ2v) is 14.1. The summed E-state index contributed by atoms with van der Waals surface area (Å²) in [5.41, 5.74) is 16.3. The highest BCUT2D eigenvalue weighted by Gasteiger charge is 2.23. The molecule has 0 aliphatic heterocycles. The van der Waals surface area contributed by atoms with Gasteiger partial charge in [-0.15, -0.1) is 0 Å². The Morgan fingerprint density at radius 3 is 1.18 bits per heavy atom. The van der Waals surface area contributed by atoms with Crippen molar-refractivity contribution in [3.63, 3.8) is 0 Å². The summed E-state index contributed by atoms with van der Waals surface area (Å²) in [5, 5.41) is 2.49. The fourth-order valence-electron chi connectivity index (χ4n) is 8.34. The maximum absolute atomic E-state index is 2.44. The molecule has 0 spiro atoms. The smallest absolute Gasteiger partial charge is 0.0547 e. The maximum atomic E-state index is 2.44. The van der Waals surface area contributed by atoms with Crippen LogP contribution in [-0.4, -0.2) is 4.57 Å². The lowest BCUT2D eigenvalue weighted by Crippen LogP contribution is -2.12. The summed E-state index contributed by atoms with van der Waals surface area (Å²) in [6, 6.07) is 83.0. The van der Waals surface area contributed by atoms with E-state index in [9.17, 15) is 0 Å². The molecule has 9 aromatic carbocycles. The number of hydrogen-bond acceptors (Lipinski definition) is 1. The Labute approximate surface area is 327 Å². The van der Waals surface area contributed by atoms with Crippen LogP contribution in [0.15, 0.2) is 231 Å². The number of hydrogen-bond donors (Lipinski definition) is 0. The molecule has 0 saturated carbocycles. The molecule has 0 unspecified atom stereocenters. The van der Waals surface area contributed by atoms with E-state index in [2.05, 4.69) is 240 Å². The molecule has 10 rings (SSSR count). The largest absolute Gasteiger partial charge is 0.309 e. The number of benzene rings is 9. The first-order chi connectivity index (χ1) is 27.8. The molecule has 1 aromatic heterocycles. The van der Waals surface area contributed by atoms with Crippen molar-refractivity contribution in [2.45, 2.75) is 0 Å². The van der Waals surface area contributed by atoms with Crippen LogP contribution < -0.4 is 4.90 Å². The molecule has 0 radical (unpaired) electrons. The van der Waals surface area contributed by atoms with E-state index in [-0.39, 0.29) is 0 Å². The predicted octanol–water partition coefficient (Wildman–Crippen LogP) is 14.9. The van der Waals surface area contributed by atoms with E-state index in [1.807, 2.05) is 0 Å². The molecule has 1 heterocycles. The van der Waals surface area contributed by atoms with Gasteiger partial charge in [-0.2, -0.15) is 0 Å². The fraction of sp³-hybridized carbons (Fsp3) is 0. The first-order valence-corrected chi connectivity index (χ1v) is 19.2. The lowest BCUT2D eigenvalue weighted by atomic mass is 9.94. The Morgan fingerprint density at radius 1 is 0.286 bits per heavy atom. The summed E-state index contributed by atoms with van der Waals surface area (Å²) in [4.78, 5) is 2.44. The Morgan fingerprint density at radius 2 is 0.661 bits per heavy atom. The van der Waals surface area contributed by atoms with E-state index in [0.717, 1.165) is 28.3 Å². The average Bonchev–Trinajstić information content (AvgIpc) is 3.63. The quantitative estimate of drug-likeness (QED) is 0.152. The standard InChI is InChI=1S/C54H38N2/c1-5-20-39(21-6-1)45-30-13-15-34-49(45)56(50-35-16-14-31-46(50)40-22-7-2-8-23-40)44-29-17-26-42(38-44)48-33-19-37-52-54(48)53-47(41-24-9-3-10-25-41)32-18-36-51(53)55(52)43-27-11-4-12-28-43/h1-38H. The predicted molar refractivity (Wildman–Crippen MR) is 237 cm³/mol. The number of aromatic nitrogens is 1. The Bertz CT molecular complexity index is 2860. The minimum absolute atomic E-state index is 1.08. The molecule has 2 heteroatoms. The SMILES string of the molecule is c1ccc(-c2ccccc2N(c2cccc(-c3cccc4c3c3c(-c5ccccc5)cccc3n4-c3ccccc3)c2)c2ccccc2-c2ccccc2)cc1. The summed E-state index contributed by atoms with van der Waals surface area (Å²) in [6.45, 7) is 0. The lowest BCUT2D eigenvalue weighted by Gasteiger charge is -2.30. The zero-order chi connectivity index (χ0) is 37.3. The second kappa shape index (κ2) is 14.4. The molecular formula is C54H38N2. The molecule has 264 valence electrons. The van der Waals surface area contributed by atoms with Crippen LogP contribution in [0.3, 0.4) is 0 Å². The van der Waals surface area contributed by atoms with E-state index in [1.165, 1.54) is 60.8 Å². The first kappa shape index (κ1) is 33.2. The molecule has 0 saturated heterocycles. The summed E-state index contributed by atoms with van der Waals surface area (Å²) >= 11 is 0. The van der Waals surface area contributed by atoms with Crippen molar-refractivity contribution in [3.05, 3.63) is 231 Å². The van der Waals surface area contributed by atoms with Gasteiger partial charge in [-0.1, -0.05) is 182 Å². The van der Waals surface area contributed by atoms with E-state index in [1.54, 1.807) is 0 Å². The van der Waals surface area contributed by atoms with Crippen molar-refractivity contribution in [3.8, 4) is 50.2 Å². The molecule has 56 heavy (non-hydrogen) atoms. The normalized spacial score (nSPS) is 11.2. The van der Waals surface area contributed by atoms with Crippen molar-refractivity contribution in [1.29, 1.82) is 0 Å². The van der Waals surface area contributed by atoms with Gasteiger partial charge in [0.05, 0.1) is 22.4 Å². The minimum atomic E-state index is 1.08. The van der Waals surface area contributed by atoms with Gasteiger partial charge in [0.25, 0.3) is 0 Å². The Balaban J connectivity index is 1.25. The van der Waals surface area contributed by atoms with Gasteiger partial charge in [0.15, 0.2) is 0 Å². The van der Waals surface area contributed by atoms with Gasteiger partial charge in [0.2, 0.25) is 0 Å². The van der Waals surface area contributed by atoms with Gasteiger partial charge in [0.1, 0.15) is 0 Å². The Hall–Kier alpha value is -7.42. The fourth-order valence-corrected chi connectivity index (χ4v) is 8.34. The third-order valence-corrected chi connectivity index (χ3v) is 10.8. The molecule has 0 bridgehead atoms. The van der Waals surface area contributed by atoms with Crippen molar-refractivity contribution in [2.24, 2.45) is 0 Å². The molecule has 2 nitrogen and oxygen atoms in total. The molecule has 0 N–H and O–H groups in total. The highest BCUT2D eigenvalue weighted by molar-refractivity contribution is 6.20. The van der Waals surface area contributed by atoms with Gasteiger partial charge >= 0.3 is 0 Å². The molecule has 0 aliphatic rings. The molecule has 10 aromatic rings. The van der Waals surface area contributed by atoms with Crippen LogP contribution in [0.2, 0.25) is 0 Å². The van der Waals surface area contributed by atoms with Gasteiger partial charge < -0.3 is 9.47 Å². The van der Waals surface area contributed by atoms with Gasteiger partial charge in [0, 0.05) is 33.3 Å². The molecule has 0 fully saturated rings. The monoisotopic (exact) mass is 714 g/mol. The highest BCUT2D eigenvalue weighted by Crippen LogP contribution is 2.47. The number of nitrogens with zero attached hydrogens (tertiary/aromatic N) is 2. The summed E-state index contributed by atoms with van der Waals surface area (Å²) in [6.07, 6.45) is 0. The van der Waals surface area contributed by atoms with E-state index >= 15 is 0 Å². The van der Waals surface area contributed by atoms with Crippen molar-refractivity contribution >= 4 is 38.9 Å². The van der Waals surface area contributed by atoms with Crippen LogP contribution in [0.25, 0.3) is 72.0 Å². The summed E-state index contributed by atoms with van der Waals surface area (Å²) in [5.74, 6) is 0. The van der Waals surface area contributed by atoms with Crippen molar-refractivity contribution < 1.29 is 0 Å². The molecule has 0 atom stereocenters. The number of rotatable bonds is 8. The van der Waals surface area contributed by atoms with Crippen LogP contribution in [0, 0.1) is 0 Å². The zero-order valence-corrected chi connectivity index (χ0v) is 30.8. The molecule has 0 amide bonds. The maximum Gasteiger partial charge on any atom is 0.0547 e. The third kappa shape index (κ3) is 5.85. The van der Waals surface area contributed by atoms with E-state index in [4.69, 9.17) is 0 Å². The summed E-state index contributed by atoms with van der Waals surface area (Å²) in [7, 11) is 0. The van der Waals surface area contributed by atoms with E-state index in [0.29, 0.717) is 0 Å². The highest BCUT2D eigenvalue weighted by atomic mass is 15.1. The molecule has 0 aliphatic carbocycles. The van der Waals surface area contributed by atoms with Crippen molar-refractivity contribution in [1.82, 2.24) is 4.57 Å². The third-order valence-electron chi connectivity index (χ3n) is 10.8. The summed E-state index contributed by atoms with van der Waals surface area (Å²) < 4.78 is 2.42. The van der Waals surface area contributed by atoms with Gasteiger partial charge in [-0.05, 0) is 81.9 Å². The van der Waals surface area contributed by atoms with Crippen LogP contribution in [0.5, 0.6) is 0 Å². The topological polar surface area (TPSA) is 8.17 Å². The molecular weight excluding hydrogens is 677 g/mol.